The number of carbonyl (C=O) groups is 1. The van der Waals surface area contributed by atoms with Crippen molar-refractivity contribution in [1.82, 2.24) is 0 Å². The van der Waals surface area contributed by atoms with Gasteiger partial charge in [-0.2, -0.15) is 13.2 Å². The topological polar surface area (TPSA) is 17.1 Å². The standard InChI is InChI=1S/C14H17F3O/c1-8(2)10-5-11(9(3)4)7-12(6-10)13(18)14(15,16)17/h5-9H,1-4H3. The highest BCUT2D eigenvalue weighted by molar-refractivity contribution is 6.00. The minimum atomic E-state index is -4.82. The van der Waals surface area contributed by atoms with Gasteiger partial charge in [0, 0.05) is 5.56 Å². The Kier molecular flexibility index (Phi) is 4.20. The van der Waals surface area contributed by atoms with Crippen molar-refractivity contribution in [2.24, 2.45) is 0 Å². The monoisotopic (exact) mass is 258 g/mol. The lowest BCUT2D eigenvalue weighted by Gasteiger charge is -2.14. The second kappa shape index (κ2) is 5.12. The van der Waals surface area contributed by atoms with Crippen LogP contribution in [-0.4, -0.2) is 12.0 Å². The molecule has 4 heteroatoms. The van der Waals surface area contributed by atoms with Gasteiger partial charge in [0.1, 0.15) is 0 Å². The van der Waals surface area contributed by atoms with Crippen molar-refractivity contribution in [2.75, 3.05) is 0 Å². The largest absolute Gasteiger partial charge is 0.454 e. The Morgan fingerprint density at radius 3 is 1.61 bits per heavy atom. The third kappa shape index (κ3) is 3.34. The molecule has 1 nitrogen and oxygen atoms in total. The average molecular weight is 258 g/mol. The second-order valence-electron chi connectivity index (χ2n) is 5.02. The zero-order valence-electron chi connectivity index (χ0n) is 10.9. The van der Waals surface area contributed by atoms with Gasteiger partial charge < -0.3 is 0 Å². The summed E-state index contributed by atoms with van der Waals surface area (Å²) in [4.78, 5) is 11.3. The van der Waals surface area contributed by atoms with Gasteiger partial charge in [-0.25, -0.2) is 0 Å². The third-order valence-corrected chi connectivity index (χ3v) is 2.83. The van der Waals surface area contributed by atoms with Crippen LogP contribution in [0.5, 0.6) is 0 Å². The molecule has 100 valence electrons. The molecule has 1 aromatic carbocycles. The Bertz CT molecular complexity index is 419. The summed E-state index contributed by atoms with van der Waals surface area (Å²) in [5.41, 5.74) is 1.25. The summed E-state index contributed by atoms with van der Waals surface area (Å²) in [6.45, 7) is 7.56. The summed E-state index contributed by atoms with van der Waals surface area (Å²) < 4.78 is 37.4. The van der Waals surface area contributed by atoms with Gasteiger partial charge in [0.05, 0.1) is 0 Å². The van der Waals surface area contributed by atoms with Crippen LogP contribution in [0.1, 0.15) is 61.0 Å². The van der Waals surface area contributed by atoms with Crippen LogP contribution in [0.25, 0.3) is 0 Å². The van der Waals surface area contributed by atoms with Gasteiger partial charge in [-0.05, 0) is 35.1 Å². The summed E-state index contributed by atoms with van der Waals surface area (Å²) in [5, 5.41) is 0. The number of ketones is 1. The highest BCUT2D eigenvalue weighted by Crippen LogP contribution is 2.27. The van der Waals surface area contributed by atoms with Crippen LogP contribution >= 0.6 is 0 Å². The van der Waals surface area contributed by atoms with Gasteiger partial charge >= 0.3 is 6.18 Å². The Balaban J connectivity index is 3.32. The summed E-state index contributed by atoms with van der Waals surface area (Å²) in [5.74, 6) is -1.60. The van der Waals surface area contributed by atoms with E-state index in [2.05, 4.69) is 0 Å². The first-order valence-corrected chi connectivity index (χ1v) is 5.89. The van der Waals surface area contributed by atoms with Crippen LogP contribution in [0.3, 0.4) is 0 Å². The van der Waals surface area contributed by atoms with Gasteiger partial charge in [-0.1, -0.05) is 33.8 Å². The molecule has 0 unspecified atom stereocenters. The SMILES string of the molecule is CC(C)c1cc(C(=O)C(F)(F)F)cc(C(C)C)c1. The molecule has 0 spiro atoms. The Labute approximate surface area is 105 Å². The van der Waals surface area contributed by atoms with Crippen molar-refractivity contribution in [1.29, 1.82) is 0 Å². The van der Waals surface area contributed by atoms with Gasteiger partial charge in [-0.15, -0.1) is 0 Å². The van der Waals surface area contributed by atoms with Gasteiger partial charge in [0.25, 0.3) is 5.78 Å². The first kappa shape index (κ1) is 14.7. The maximum absolute atomic E-state index is 12.5. The zero-order chi connectivity index (χ0) is 14.1. The molecule has 18 heavy (non-hydrogen) atoms. The van der Waals surface area contributed by atoms with E-state index in [1.54, 1.807) is 0 Å². The molecule has 0 N–H and O–H groups in total. The summed E-state index contributed by atoms with van der Waals surface area (Å²) >= 11 is 0. The molecule has 0 aromatic heterocycles. The van der Waals surface area contributed by atoms with Crippen LogP contribution in [-0.2, 0) is 0 Å². The van der Waals surface area contributed by atoms with E-state index in [1.807, 2.05) is 33.8 Å². The second-order valence-corrected chi connectivity index (χ2v) is 5.02. The number of halogens is 3. The van der Waals surface area contributed by atoms with E-state index >= 15 is 0 Å². The van der Waals surface area contributed by atoms with E-state index in [-0.39, 0.29) is 17.4 Å². The Hall–Kier alpha value is -1.32. The lowest BCUT2D eigenvalue weighted by atomic mass is 9.92. The van der Waals surface area contributed by atoms with Gasteiger partial charge in [-0.3, -0.25) is 4.79 Å². The Morgan fingerprint density at radius 2 is 1.33 bits per heavy atom. The fraction of sp³-hybridized carbons (Fsp3) is 0.500. The molecular formula is C14H17F3O. The molecule has 0 saturated carbocycles. The average Bonchev–Trinajstić information content (AvgIpc) is 2.26. The maximum atomic E-state index is 12.5. The Morgan fingerprint density at radius 1 is 0.944 bits per heavy atom. The highest BCUT2D eigenvalue weighted by atomic mass is 19.4. The lowest BCUT2D eigenvalue weighted by Crippen LogP contribution is -2.23. The minimum Gasteiger partial charge on any atom is -0.284 e. The van der Waals surface area contributed by atoms with E-state index in [1.165, 1.54) is 12.1 Å². The van der Waals surface area contributed by atoms with Crippen molar-refractivity contribution in [2.45, 2.75) is 45.7 Å². The first-order chi connectivity index (χ1) is 8.12. The van der Waals surface area contributed by atoms with E-state index < -0.39 is 12.0 Å². The molecular weight excluding hydrogens is 241 g/mol. The number of carbonyl (C=O) groups excluding carboxylic acids is 1. The molecule has 1 rings (SSSR count). The molecule has 0 aliphatic rings. The molecule has 0 heterocycles. The number of alkyl halides is 3. The normalized spacial score (nSPS) is 12.3. The molecule has 0 bridgehead atoms. The molecule has 0 amide bonds. The molecule has 0 atom stereocenters. The lowest BCUT2D eigenvalue weighted by molar-refractivity contribution is -0.0885. The first-order valence-electron chi connectivity index (χ1n) is 5.89. The van der Waals surface area contributed by atoms with E-state index in [9.17, 15) is 18.0 Å². The van der Waals surface area contributed by atoms with Crippen molar-refractivity contribution in [3.8, 4) is 0 Å². The van der Waals surface area contributed by atoms with Crippen LogP contribution in [0, 0.1) is 0 Å². The summed E-state index contributed by atoms with van der Waals surface area (Å²) in [6, 6.07) is 4.54. The number of Topliss-reactive ketones (excluding diaryl/α,β-unsaturated/α-hetero) is 1. The maximum Gasteiger partial charge on any atom is 0.454 e. The number of rotatable bonds is 3. The van der Waals surface area contributed by atoms with Crippen molar-refractivity contribution in [3.05, 3.63) is 34.9 Å². The molecule has 0 saturated heterocycles. The van der Waals surface area contributed by atoms with Gasteiger partial charge in [0.15, 0.2) is 0 Å². The predicted molar refractivity (Wildman–Crippen MR) is 65.0 cm³/mol. The summed E-state index contributed by atoms with van der Waals surface area (Å²) in [7, 11) is 0. The van der Waals surface area contributed by atoms with Crippen LogP contribution in [0.4, 0.5) is 13.2 Å². The quantitative estimate of drug-likeness (QED) is 0.719. The van der Waals surface area contributed by atoms with Crippen molar-refractivity contribution >= 4 is 5.78 Å². The van der Waals surface area contributed by atoms with Crippen LogP contribution < -0.4 is 0 Å². The fourth-order valence-electron chi connectivity index (χ4n) is 1.64. The highest BCUT2D eigenvalue weighted by Gasteiger charge is 2.39. The molecule has 0 aliphatic carbocycles. The number of hydrogen-bond acceptors (Lipinski definition) is 1. The van der Waals surface area contributed by atoms with Crippen LogP contribution in [0.2, 0.25) is 0 Å². The zero-order valence-corrected chi connectivity index (χ0v) is 10.9. The van der Waals surface area contributed by atoms with Gasteiger partial charge in [0.2, 0.25) is 0 Å². The van der Waals surface area contributed by atoms with E-state index in [0.29, 0.717) is 0 Å². The van der Waals surface area contributed by atoms with E-state index in [0.717, 1.165) is 11.1 Å². The van der Waals surface area contributed by atoms with Crippen molar-refractivity contribution in [3.63, 3.8) is 0 Å². The van der Waals surface area contributed by atoms with E-state index in [4.69, 9.17) is 0 Å². The van der Waals surface area contributed by atoms with Crippen molar-refractivity contribution < 1.29 is 18.0 Å². The smallest absolute Gasteiger partial charge is 0.284 e. The third-order valence-electron chi connectivity index (χ3n) is 2.83. The number of benzene rings is 1. The predicted octanol–water partition coefficient (Wildman–Crippen LogP) is 4.68. The molecule has 0 aliphatic heterocycles. The number of hydrogen-bond donors (Lipinski definition) is 0. The molecule has 0 fully saturated rings. The molecule has 1 aromatic rings. The summed E-state index contributed by atoms with van der Waals surface area (Å²) in [6.07, 6.45) is -4.82. The molecule has 0 radical (unpaired) electrons. The van der Waals surface area contributed by atoms with Crippen LogP contribution in [0.15, 0.2) is 18.2 Å². The fourth-order valence-corrected chi connectivity index (χ4v) is 1.64. The minimum absolute atomic E-state index is 0.0866.